The molecule has 0 heterocycles. The first kappa shape index (κ1) is 22.5. The summed E-state index contributed by atoms with van der Waals surface area (Å²) in [6.45, 7) is 2.46. The topological polar surface area (TPSA) is 70.6 Å². The minimum Gasteiger partial charge on any atom is -0.356 e. The quantitative estimate of drug-likeness (QED) is 0.365. The van der Waals surface area contributed by atoms with Crippen molar-refractivity contribution in [2.45, 2.75) is 25.1 Å². The zero-order valence-electron chi connectivity index (χ0n) is 16.0. The molecule has 2 aromatic carbocycles. The Balaban J connectivity index is 1.80. The minimum atomic E-state index is -3.15. The van der Waals surface area contributed by atoms with E-state index in [1.165, 1.54) is 0 Å². The van der Waals surface area contributed by atoms with Crippen molar-refractivity contribution >= 4 is 39.0 Å². The molecule has 0 aliphatic heterocycles. The molecule has 1 unspecified atom stereocenters. The van der Waals surface area contributed by atoms with Gasteiger partial charge in [0.15, 0.2) is 15.8 Å². The predicted octanol–water partition coefficient (Wildman–Crippen LogP) is 4.22. The Morgan fingerprint density at radius 3 is 2.50 bits per heavy atom. The van der Waals surface area contributed by atoms with Gasteiger partial charge in [-0.25, -0.2) is 8.42 Å². The number of hydrogen-bond acceptors (Lipinski definition) is 3. The van der Waals surface area contributed by atoms with Gasteiger partial charge in [-0.3, -0.25) is 4.99 Å². The van der Waals surface area contributed by atoms with Crippen LogP contribution in [0.1, 0.15) is 30.5 Å². The zero-order chi connectivity index (χ0) is 20.6. The van der Waals surface area contributed by atoms with Crippen molar-refractivity contribution < 1.29 is 8.42 Å². The van der Waals surface area contributed by atoms with E-state index in [-0.39, 0.29) is 17.5 Å². The van der Waals surface area contributed by atoms with Crippen LogP contribution >= 0.6 is 23.2 Å². The summed E-state index contributed by atoms with van der Waals surface area (Å²) in [6, 6.07) is 14.5. The molecule has 8 heteroatoms. The summed E-state index contributed by atoms with van der Waals surface area (Å²) < 4.78 is 24.5. The van der Waals surface area contributed by atoms with E-state index in [0.29, 0.717) is 29.0 Å². The summed E-state index contributed by atoms with van der Waals surface area (Å²) in [5, 5.41) is 7.55. The fraction of sp³-hybridized carbons (Fsp3) is 0.350. The summed E-state index contributed by atoms with van der Waals surface area (Å²) >= 11 is 12.2. The average Bonchev–Trinajstić information content (AvgIpc) is 2.64. The van der Waals surface area contributed by atoms with Gasteiger partial charge in [-0.15, -0.1) is 0 Å². The number of nitrogens with zero attached hydrogens (tertiary/aromatic N) is 1. The van der Waals surface area contributed by atoms with Crippen LogP contribution in [0.25, 0.3) is 0 Å². The molecule has 0 saturated carbocycles. The van der Waals surface area contributed by atoms with Gasteiger partial charge in [0.1, 0.15) is 0 Å². The molecule has 0 radical (unpaired) electrons. The normalized spacial score (nSPS) is 13.2. The Bertz CT molecular complexity index is 903. The van der Waals surface area contributed by atoms with Gasteiger partial charge in [0.2, 0.25) is 0 Å². The fourth-order valence-electron chi connectivity index (χ4n) is 2.73. The number of halogens is 2. The van der Waals surface area contributed by atoms with Crippen LogP contribution in [-0.2, 0) is 15.6 Å². The number of sulfone groups is 1. The van der Waals surface area contributed by atoms with Crippen LogP contribution in [0.5, 0.6) is 0 Å². The number of nitrogens with one attached hydrogen (secondary N) is 2. The maximum atomic E-state index is 12.2. The Kier molecular flexibility index (Phi) is 8.60. The third-order valence-electron chi connectivity index (χ3n) is 4.16. The van der Waals surface area contributed by atoms with Crippen LogP contribution in [0.15, 0.2) is 53.5 Å². The SMILES string of the molecule is CN=C(NCCCS(=O)(=O)Cc1ccccc1)NC(C)c1ccc(Cl)cc1Cl. The molecule has 2 N–H and O–H groups in total. The highest BCUT2D eigenvalue weighted by Gasteiger charge is 2.13. The molecular formula is C20H25Cl2N3O2S. The van der Waals surface area contributed by atoms with E-state index in [0.717, 1.165) is 11.1 Å². The Morgan fingerprint density at radius 1 is 1.14 bits per heavy atom. The van der Waals surface area contributed by atoms with Crippen LogP contribution in [0, 0.1) is 0 Å². The lowest BCUT2D eigenvalue weighted by molar-refractivity contribution is 0.591. The third-order valence-corrected chi connectivity index (χ3v) is 6.41. The lowest BCUT2D eigenvalue weighted by atomic mass is 10.1. The first-order valence-electron chi connectivity index (χ1n) is 8.97. The third kappa shape index (κ3) is 7.34. The van der Waals surface area contributed by atoms with Crippen molar-refractivity contribution in [1.29, 1.82) is 0 Å². The van der Waals surface area contributed by atoms with E-state index in [2.05, 4.69) is 15.6 Å². The van der Waals surface area contributed by atoms with Crippen LogP contribution in [0.3, 0.4) is 0 Å². The number of aliphatic imine (C=N–C) groups is 1. The van der Waals surface area contributed by atoms with E-state index in [1.54, 1.807) is 19.2 Å². The average molecular weight is 442 g/mol. The number of guanidine groups is 1. The summed E-state index contributed by atoms with van der Waals surface area (Å²) in [5.41, 5.74) is 1.71. The highest BCUT2D eigenvalue weighted by molar-refractivity contribution is 7.90. The highest BCUT2D eigenvalue weighted by atomic mass is 35.5. The molecule has 0 aromatic heterocycles. The van der Waals surface area contributed by atoms with E-state index in [1.807, 2.05) is 43.3 Å². The molecule has 0 amide bonds. The molecule has 0 aliphatic carbocycles. The molecule has 0 saturated heterocycles. The Morgan fingerprint density at radius 2 is 1.86 bits per heavy atom. The summed E-state index contributed by atoms with van der Waals surface area (Å²) in [7, 11) is -1.48. The van der Waals surface area contributed by atoms with E-state index < -0.39 is 9.84 Å². The Labute approximate surface area is 177 Å². The molecule has 2 rings (SSSR count). The van der Waals surface area contributed by atoms with Gasteiger partial charge in [0.25, 0.3) is 0 Å². The first-order valence-corrected chi connectivity index (χ1v) is 11.5. The minimum absolute atomic E-state index is 0.0624. The summed E-state index contributed by atoms with van der Waals surface area (Å²) in [4.78, 5) is 4.18. The van der Waals surface area contributed by atoms with Crippen molar-refractivity contribution in [3.8, 4) is 0 Å². The smallest absolute Gasteiger partial charge is 0.191 e. The van der Waals surface area contributed by atoms with Crippen LogP contribution < -0.4 is 10.6 Å². The second kappa shape index (κ2) is 10.7. The van der Waals surface area contributed by atoms with Crippen molar-refractivity contribution in [3.63, 3.8) is 0 Å². The van der Waals surface area contributed by atoms with Gasteiger partial charge in [-0.2, -0.15) is 0 Å². The number of hydrogen-bond donors (Lipinski definition) is 2. The van der Waals surface area contributed by atoms with Gasteiger partial charge in [0.05, 0.1) is 17.5 Å². The zero-order valence-corrected chi connectivity index (χ0v) is 18.3. The lowest BCUT2D eigenvalue weighted by Gasteiger charge is -2.19. The molecule has 1 atom stereocenters. The largest absolute Gasteiger partial charge is 0.356 e. The van der Waals surface area contributed by atoms with Crippen LogP contribution in [-0.4, -0.2) is 33.7 Å². The molecule has 28 heavy (non-hydrogen) atoms. The monoisotopic (exact) mass is 441 g/mol. The van der Waals surface area contributed by atoms with E-state index in [9.17, 15) is 8.42 Å². The van der Waals surface area contributed by atoms with Gasteiger partial charge >= 0.3 is 0 Å². The van der Waals surface area contributed by atoms with Crippen molar-refractivity contribution in [2.24, 2.45) is 4.99 Å². The molecule has 0 spiro atoms. The second-order valence-electron chi connectivity index (χ2n) is 6.46. The van der Waals surface area contributed by atoms with Gasteiger partial charge in [0, 0.05) is 23.6 Å². The van der Waals surface area contributed by atoms with Crippen molar-refractivity contribution in [3.05, 3.63) is 69.7 Å². The number of rotatable bonds is 8. The lowest BCUT2D eigenvalue weighted by Crippen LogP contribution is -2.39. The maximum Gasteiger partial charge on any atom is 0.191 e. The van der Waals surface area contributed by atoms with Gasteiger partial charge in [-0.05, 0) is 36.6 Å². The Hall–Kier alpha value is -1.76. The molecular weight excluding hydrogens is 417 g/mol. The number of benzene rings is 2. The molecule has 0 fully saturated rings. The van der Waals surface area contributed by atoms with Crippen LogP contribution in [0.2, 0.25) is 10.0 Å². The molecule has 0 aliphatic rings. The van der Waals surface area contributed by atoms with Gasteiger partial charge in [-0.1, -0.05) is 59.6 Å². The standard InChI is InChI=1S/C20H25Cl2N3O2S/c1-15(18-10-9-17(21)13-19(18)22)25-20(23-2)24-11-6-12-28(26,27)14-16-7-4-3-5-8-16/h3-5,7-10,13,15H,6,11-12,14H2,1-2H3,(H2,23,24,25). The summed E-state index contributed by atoms with van der Waals surface area (Å²) in [6.07, 6.45) is 0.492. The second-order valence-corrected chi connectivity index (χ2v) is 9.49. The maximum absolute atomic E-state index is 12.2. The molecule has 5 nitrogen and oxygen atoms in total. The van der Waals surface area contributed by atoms with Crippen molar-refractivity contribution in [2.75, 3.05) is 19.3 Å². The summed E-state index contributed by atoms with van der Waals surface area (Å²) in [5.74, 6) is 0.760. The van der Waals surface area contributed by atoms with Crippen LogP contribution in [0.4, 0.5) is 0 Å². The van der Waals surface area contributed by atoms with Gasteiger partial charge < -0.3 is 10.6 Å². The molecule has 152 valence electrons. The first-order chi connectivity index (χ1) is 13.3. The van der Waals surface area contributed by atoms with E-state index in [4.69, 9.17) is 23.2 Å². The highest BCUT2D eigenvalue weighted by Crippen LogP contribution is 2.25. The van der Waals surface area contributed by atoms with Crippen molar-refractivity contribution in [1.82, 2.24) is 10.6 Å². The van der Waals surface area contributed by atoms with E-state index >= 15 is 0 Å². The molecule has 0 bridgehead atoms. The molecule has 2 aromatic rings. The fourth-order valence-corrected chi connectivity index (χ4v) is 4.73. The predicted molar refractivity (Wildman–Crippen MR) is 118 cm³/mol.